The van der Waals surface area contributed by atoms with Gasteiger partial charge in [0.15, 0.2) is 5.65 Å². The number of hydrogen-bond donors (Lipinski definition) is 2. The van der Waals surface area contributed by atoms with Gasteiger partial charge in [-0.2, -0.15) is 0 Å². The summed E-state index contributed by atoms with van der Waals surface area (Å²) < 4.78 is 7.05. The van der Waals surface area contributed by atoms with E-state index in [1.54, 1.807) is 12.1 Å². The molecule has 0 aliphatic heterocycles. The minimum atomic E-state index is -0.666. The van der Waals surface area contributed by atoms with Gasteiger partial charge in [-0.15, -0.1) is 14.8 Å². The average Bonchev–Trinajstić information content (AvgIpc) is 3.00. The van der Waals surface area contributed by atoms with Crippen molar-refractivity contribution in [3.8, 4) is 5.75 Å². The number of aromatic nitrogens is 5. The summed E-state index contributed by atoms with van der Waals surface area (Å²) in [5.74, 6) is 1.40. The Hall–Kier alpha value is -2.74. The Kier molecular flexibility index (Phi) is 4.33. The van der Waals surface area contributed by atoms with Gasteiger partial charge in [-0.25, -0.2) is 0 Å². The van der Waals surface area contributed by atoms with Crippen LogP contribution in [0.25, 0.3) is 5.65 Å². The first-order valence-electron chi connectivity index (χ1n) is 7.30. The molecule has 0 aliphatic rings. The zero-order valence-electron chi connectivity index (χ0n) is 13.0. The number of fused-ring (bicyclic) bond motifs is 1. The van der Waals surface area contributed by atoms with Gasteiger partial charge in [0.2, 0.25) is 0 Å². The number of aliphatic hydroxyl groups is 1. The Morgan fingerprint density at radius 2 is 2.00 bits per heavy atom. The van der Waals surface area contributed by atoms with Gasteiger partial charge in [-0.3, -0.25) is 0 Å². The molecule has 120 valence electrons. The number of nitrogens with one attached hydrogen (secondary N) is 1. The lowest BCUT2D eigenvalue weighted by Crippen LogP contribution is -2.27. The molecule has 2 N–H and O–H groups in total. The van der Waals surface area contributed by atoms with Crippen LogP contribution in [0.1, 0.15) is 11.1 Å². The van der Waals surface area contributed by atoms with Crippen LogP contribution in [0.15, 0.2) is 30.3 Å². The number of aliphatic hydroxyl groups excluding tert-OH is 1. The smallest absolute Gasteiger partial charge is 0.200 e. The van der Waals surface area contributed by atoms with E-state index < -0.39 is 6.10 Å². The molecule has 0 saturated heterocycles. The summed E-state index contributed by atoms with van der Waals surface area (Å²) in [5.41, 5.74) is 2.67. The number of tetrazole rings is 1. The number of aryl methyl sites for hydroxylation is 2. The first kappa shape index (κ1) is 15.2. The maximum Gasteiger partial charge on any atom is 0.200 e. The van der Waals surface area contributed by atoms with Crippen LogP contribution in [0.2, 0.25) is 0 Å². The largest absolute Gasteiger partial charge is 0.490 e. The second-order valence-electron chi connectivity index (χ2n) is 5.31. The number of para-hydroxylation sites is 1. The minimum absolute atomic E-state index is 0.200. The van der Waals surface area contributed by atoms with Crippen LogP contribution in [0.5, 0.6) is 5.75 Å². The molecule has 0 amide bonds. The van der Waals surface area contributed by atoms with Gasteiger partial charge in [0.25, 0.3) is 0 Å². The molecular formula is C15H18N6O2. The molecule has 0 fully saturated rings. The highest BCUT2D eigenvalue weighted by molar-refractivity contribution is 5.42. The topological polar surface area (TPSA) is 97.5 Å². The van der Waals surface area contributed by atoms with Crippen molar-refractivity contribution in [2.45, 2.75) is 20.0 Å². The molecule has 3 rings (SSSR count). The molecule has 0 radical (unpaired) electrons. The number of nitrogens with zero attached hydrogens (tertiary/aromatic N) is 5. The summed E-state index contributed by atoms with van der Waals surface area (Å²) in [5, 5.41) is 28.3. The van der Waals surface area contributed by atoms with E-state index in [-0.39, 0.29) is 6.61 Å². The van der Waals surface area contributed by atoms with Crippen LogP contribution in [-0.4, -0.2) is 49.6 Å². The lowest BCUT2D eigenvalue weighted by atomic mass is 10.1. The molecule has 8 heteroatoms. The maximum absolute atomic E-state index is 10.1. The van der Waals surface area contributed by atoms with Crippen LogP contribution in [0.4, 0.5) is 5.82 Å². The van der Waals surface area contributed by atoms with E-state index in [0.717, 1.165) is 16.9 Å². The molecule has 2 heterocycles. The first-order valence-corrected chi connectivity index (χ1v) is 7.30. The average molecular weight is 314 g/mol. The fraction of sp³-hybridized carbons (Fsp3) is 0.333. The molecule has 1 atom stereocenters. The predicted molar refractivity (Wildman–Crippen MR) is 84.5 cm³/mol. The van der Waals surface area contributed by atoms with Gasteiger partial charge < -0.3 is 15.2 Å². The third-order valence-electron chi connectivity index (χ3n) is 3.42. The molecule has 0 aliphatic carbocycles. The molecule has 0 unspecified atom stereocenters. The van der Waals surface area contributed by atoms with E-state index in [1.807, 2.05) is 32.0 Å². The van der Waals surface area contributed by atoms with Gasteiger partial charge in [0.1, 0.15) is 24.3 Å². The molecule has 0 spiro atoms. The van der Waals surface area contributed by atoms with Crippen LogP contribution in [0, 0.1) is 13.8 Å². The number of hydrogen-bond acceptors (Lipinski definition) is 7. The lowest BCUT2D eigenvalue weighted by molar-refractivity contribution is 0.116. The first-order chi connectivity index (χ1) is 11.1. The number of benzene rings is 1. The van der Waals surface area contributed by atoms with E-state index in [9.17, 15) is 5.11 Å². The normalized spacial score (nSPS) is 12.3. The molecular weight excluding hydrogens is 296 g/mol. The Morgan fingerprint density at radius 1 is 1.22 bits per heavy atom. The second-order valence-corrected chi connectivity index (χ2v) is 5.31. The van der Waals surface area contributed by atoms with Crippen molar-refractivity contribution < 1.29 is 9.84 Å². The number of ether oxygens (including phenoxy) is 1. The van der Waals surface area contributed by atoms with Crippen LogP contribution in [-0.2, 0) is 0 Å². The van der Waals surface area contributed by atoms with Gasteiger partial charge in [-0.05, 0) is 47.5 Å². The van der Waals surface area contributed by atoms with E-state index >= 15 is 0 Å². The van der Waals surface area contributed by atoms with Gasteiger partial charge >= 0.3 is 0 Å². The third kappa shape index (κ3) is 3.54. The monoisotopic (exact) mass is 314 g/mol. The fourth-order valence-electron chi connectivity index (χ4n) is 2.23. The fourth-order valence-corrected chi connectivity index (χ4v) is 2.23. The molecule has 0 saturated carbocycles. The summed E-state index contributed by atoms with van der Waals surface area (Å²) in [6, 6.07) is 9.45. The molecule has 0 bridgehead atoms. The predicted octanol–water partition coefficient (Wildman–Crippen LogP) is 0.988. The second kappa shape index (κ2) is 6.57. The summed E-state index contributed by atoms with van der Waals surface area (Å²) in [4.78, 5) is 0. The Balaban J connectivity index is 1.54. The summed E-state index contributed by atoms with van der Waals surface area (Å²) in [6.45, 7) is 4.48. The van der Waals surface area contributed by atoms with E-state index in [2.05, 4.69) is 25.9 Å². The quantitative estimate of drug-likeness (QED) is 0.700. The molecule has 3 aromatic rings. The van der Waals surface area contributed by atoms with Crippen molar-refractivity contribution in [3.63, 3.8) is 0 Å². The van der Waals surface area contributed by atoms with Crippen molar-refractivity contribution >= 4 is 11.5 Å². The van der Waals surface area contributed by atoms with Crippen molar-refractivity contribution in [1.82, 2.24) is 25.3 Å². The maximum atomic E-state index is 10.1. The highest BCUT2D eigenvalue weighted by Crippen LogP contribution is 2.22. The van der Waals surface area contributed by atoms with E-state index in [1.165, 1.54) is 4.63 Å². The standard InChI is InChI=1S/C15H18N6O2/c1-10-4-3-5-11(2)15(10)23-9-12(22)8-16-13-6-7-14-17-19-20-21(14)18-13/h3-7,12,22H,8-9H2,1-2H3,(H,16,18)/t12-/m1/s1. The highest BCUT2D eigenvalue weighted by Gasteiger charge is 2.09. The highest BCUT2D eigenvalue weighted by atomic mass is 16.5. The van der Waals surface area contributed by atoms with Crippen LogP contribution < -0.4 is 10.1 Å². The Morgan fingerprint density at radius 3 is 2.78 bits per heavy atom. The van der Waals surface area contributed by atoms with Crippen LogP contribution >= 0.6 is 0 Å². The minimum Gasteiger partial charge on any atom is -0.490 e. The van der Waals surface area contributed by atoms with Crippen molar-refractivity contribution in [3.05, 3.63) is 41.5 Å². The third-order valence-corrected chi connectivity index (χ3v) is 3.42. The van der Waals surface area contributed by atoms with Gasteiger partial charge in [0.05, 0.1) is 0 Å². The van der Waals surface area contributed by atoms with E-state index in [0.29, 0.717) is 18.0 Å². The van der Waals surface area contributed by atoms with Crippen molar-refractivity contribution in [2.24, 2.45) is 0 Å². The summed E-state index contributed by atoms with van der Waals surface area (Å²) in [6.07, 6.45) is -0.666. The number of rotatable bonds is 6. The summed E-state index contributed by atoms with van der Waals surface area (Å²) in [7, 11) is 0. The van der Waals surface area contributed by atoms with Crippen LogP contribution in [0.3, 0.4) is 0 Å². The molecule has 2 aromatic heterocycles. The molecule has 1 aromatic carbocycles. The molecule has 8 nitrogen and oxygen atoms in total. The van der Waals surface area contributed by atoms with Gasteiger partial charge in [-0.1, -0.05) is 18.2 Å². The molecule has 23 heavy (non-hydrogen) atoms. The van der Waals surface area contributed by atoms with Crippen molar-refractivity contribution in [2.75, 3.05) is 18.5 Å². The lowest BCUT2D eigenvalue weighted by Gasteiger charge is -2.16. The zero-order chi connectivity index (χ0) is 16.2. The zero-order valence-corrected chi connectivity index (χ0v) is 13.0. The number of anilines is 1. The van der Waals surface area contributed by atoms with E-state index in [4.69, 9.17) is 4.74 Å². The summed E-state index contributed by atoms with van der Waals surface area (Å²) >= 11 is 0. The Labute approximate surface area is 133 Å². The Bertz CT molecular complexity index is 783. The SMILES string of the molecule is Cc1cccc(C)c1OC[C@H](O)CNc1ccc2nnnn2n1. The van der Waals surface area contributed by atoms with Gasteiger partial charge in [0, 0.05) is 6.54 Å². The van der Waals surface area contributed by atoms with Crippen molar-refractivity contribution in [1.29, 1.82) is 0 Å².